The number of rotatable bonds is 4. The molecule has 2 aromatic heterocycles. The van der Waals surface area contributed by atoms with Gasteiger partial charge < -0.3 is 4.90 Å². The van der Waals surface area contributed by atoms with Gasteiger partial charge in [-0.25, -0.2) is 9.37 Å². The Bertz CT molecular complexity index is 949. The molecule has 0 saturated heterocycles. The molecule has 0 bridgehead atoms. The molecule has 0 fully saturated rings. The van der Waals surface area contributed by atoms with E-state index in [4.69, 9.17) is 11.6 Å². The van der Waals surface area contributed by atoms with E-state index in [9.17, 15) is 14.0 Å². The molecule has 3 aromatic rings. The molecule has 24 heavy (non-hydrogen) atoms. The van der Waals surface area contributed by atoms with Gasteiger partial charge in [-0.15, -0.1) is 11.3 Å². The van der Waals surface area contributed by atoms with Crippen molar-refractivity contribution < 1.29 is 9.18 Å². The average molecular weight is 366 g/mol. The van der Waals surface area contributed by atoms with Gasteiger partial charge in [0, 0.05) is 24.2 Å². The molecule has 3 rings (SSSR count). The molecule has 0 unspecified atom stereocenters. The van der Waals surface area contributed by atoms with Crippen LogP contribution in [0.2, 0.25) is 5.02 Å². The van der Waals surface area contributed by atoms with Crippen LogP contribution in [-0.4, -0.2) is 27.4 Å². The van der Waals surface area contributed by atoms with E-state index in [-0.39, 0.29) is 35.1 Å². The first-order valence-electron chi connectivity index (χ1n) is 7.07. The molecule has 5 nitrogen and oxygen atoms in total. The Kier molecular flexibility index (Phi) is 4.64. The van der Waals surface area contributed by atoms with Crippen LogP contribution in [0.5, 0.6) is 0 Å². The number of hydrogen-bond acceptors (Lipinski definition) is 4. The van der Waals surface area contributed by atoms with Crippen LogP contribution in [-0.2, 0) is 17.9 Å². The highest BCUT2D eigenvalue weighted by atomic mass is 35.5. The third kappa shape index (κ3) is 3.18. The van der Waals surface area contributed by atoms with E-state index in [2.05, 4.69) is 4.98 Å². The van der Waals surface area contributed by atoms with E-state index < -0.39 is 5.82 Å². The zero-order valence-electron chi connectivity index (χ0n) is 12.7. The Morgan fingerprint density at radius 1 is 1.42 bits per heavy atom. The molecule has 0 saturated carbocycles. The molecular weight excluding hydrogens is 353 g/mol. The van der Waals surface area contributed by atoms with Gasteiger partial charge in [0.05, 0.1) is 11.8 Å². The Morgan fingerprint density at radius 3 is 2.96 bits per heavy atom. The summed E-state index contributed by atoms with van der Waals surface area (Å²) in [5, 5.41) is 2.03. The molecule has 0 atom stereocenters. The molecule has 0 radical (unpaired) electrons. The lowest BCUT2D eigenvalue weighted by Crippen LogP contribution is -2.33. The molecule has 124 valence electrons. The van der Waals surface area contributed by atoms with Gasteiger partial charge in [-0.1, -0.05) is 17.7 Å². The first-order valence-corrected chi connectivity index (χ1v) is 8.32. The summed E-state index contributed by atoms with van der Waals surface area (Å²) in [6, 6.07) is 6.11. The van der Waals surface area contributed by atoms with Crippen molar-refractivity contribution in [2.75, 3.05) is 7.05 Å². The summed E-state index contributed by atoms with van der Waals surface area (Å²) in [5.74, 6) is -0.810. The topological polar surface area (TPSA) is 55.2 Å². The van der Waals surface area contributed by atoms with Crippen LogP contribution in [0.25, 0.3) is 10.2 Å². The molecule has 0 aliphatic heterocycles. The summed E-state index contributed by atoms with van der Waals surface area (Å²) >= 11 is 7.26. The van der Waals surface area contributed by atoms with E-state index >= 15 is 0 Å². The predicted molar refractivity (Wildman–Crippen MR) is 91.8 cm³/mol. The SMILES string of the molecule is CN(Cc1c(F)cccc1Cl)C(=O)Cn1cnc2ccsc2c1=O. The zero-order chi connectivity index (χ0) is 17.3. The minimum absolute atomic E-state index is 0.0216. The van der Waals surface area contributed by atoms with Gasteiger partial charge in [-0.05, 0) is 23.6 Å². The minimum Gasteiger partial charge on any atom is -0.340 e. The first kappa shape index (κ1) is 16.6. The van der Waals surface area contributed by atoms with Crippen molar-refractivity contribution in [2.45, 2.75) is 13.1 Å². The molecule has 1 aromatic carbocycles. The molecular formula is C16H13ClFN3O2S. The van der Waals surface area contributed by atoms with Crippen LogP contribution in [0.4, 0.5) is 4.39 Å². The number of benzene rings is 1. The van der Waals surface area contributed by atoms with Crippen molar-refractivity contribution in [2.24, 2.45) is 0 Å². The molecule has 0 spiro atoms. The van der Waals surface area contributed by atoms with Crippen molar-refractivity contribution in [3.05, 3.63) is 62.7 Å². The fraction of sp³-hybridized carbons (Fsp3) is 0.188. The highest BCUT2D eigenvalue weighted by Gasteiger charge is 2.16. The molecule has 1 amide bonds. The standard InChI is InChI=1S/C16H13ClFN3O2S/c1-20(7-10-11(17)3-2-4-12(10)18)14(22)8-21-9-19-13-5-6-24-15(13)16(21)23/h2-6,9H,7-8H2,1H3. The minimum atomic E-state index is -0.471. The summed E-state index contributed by atoms with van der Waals surface area (Å²) in [6.45, 7) is -0.143. The highest BCUT2D eigenvalue weighted by Crippen LogP contribution is 2.20. The van der Waals surface area contributed by atoms with Crippen molar-refractivity contribution in [1.82, 2.24) is 14.5 Å². The normalized spacial score (nSPS) is 11.0. The molecule has 0 aliphatic rings. The zero-order valence-corrected chi connectivity index (χ0v) is 14.3. The maximum atomic E-state index is 13.8. The van der Waals surface area contributed by atoms with Crippen LogP contribution in [0.3, 0.4) is 0 Å². The van der Waals surface area contributed by atoms with Gasteiger partial charge in [0.25, 0.3) is 5.56 Å². The largest absolute Gasteiger partial charge is 0.340 e. The third-order valence-corrected chi connectivity index (χ3v) is 4.87. The van der Waals surface area contributed by atoms with Gasteiger partial charge >= 0.3 is 0 Å². The van der Waals surface area contributed by atoms with E-state index in [1.807, 2.05) is 0 Å². The monoisotopic (exact) mass is 365 g/mol. The van der Waals surface area contributed by atoms with E-state index in [0.717, 1.165) is 0 Å². The smallest absolute Gasteiger partial charge is 0.271 e. The van der Waals surface area contributed by atoms with Crippen LogP contribution >= 0.6 is 22.9 Å². The quantitative estimate of drug-likeness (QED) is 0.714. The number of aromatic nitrogens is 2. The van der Waals surface area contributed by atoms with Gasteiger partial charge in [0.1, 0.15) is 17.1 Å². The van der Waals surface area contributed by atoms with Gasteiger partial charge in [0.15, 0.2) is 0 Å². The Morgan fingerprint density at radius 2 is 2.21 bits per heavy atom. The summed E-state index contributed by atoms with van der Waals surface area (Å²) in [7, 11) is 1.53. The number of nitrogens with zero attached hydrogens (tertiary/aromatic N) is 3. The van der Waals surface area contributed by atoms with Crippen molar-refractivity contribution in [1.29, 1.82) is 0 Å². The highest BCUT2D eigenvalue weighted by molar-refractivity contribution is 7.17. The Balaban J connectivity index is 1.78. The van der Waals surface area contributed by atoms with Crippen molar-refractivity contribution in [3.63, 3.8) is 0 Å². The third-order valence-electron chi connectivity index (χ3n) is 3.62. The number of amides is 1. The second-order valence-corrected chi connectivity index (χ2v) is 6.59. The van der Waals surface area contributed by atoms with E-state index in [1.165, 1.54) is 46.3 Å². The average Bonchev–Trinajstić information content (AvgIpc) is 3.03. The summed E-state index contributed by atoms with van der Waals surface area (Å²) in [5.41, 5.74) is 0.593. The predicted octanol–water partition coefficient (Wildman–Crippen LogP) is 2.91. The van der Waals surface area contributed by atoms with E-state index in [1.54, 1.807) is 17.5 Å². The molecule has 0 aliphatic carbocycles. The van der Waals surface area contributed by atoms with Crippen LogP contribution in [0, 0.1) is 5.82 Å². The number of thiophene rings is 1. The Labute approximate surface area is 145 Å². The van der Waals surface area contributed by atoms with Crippen molar-refractivity contribution in [3.8, 4) is 0 Å². The number of carbonyl (C=O) groups is 1. The fourth-order valence-electron chi connectivity index (χ4n) is 2.27. The van der Waals surface area contributed by atoms with Gasteiger partial charge in [-0.2, -0.15) is 0 Å². The number of likely N-dealkylation sites (N-methyl/N-ethyl adjacent to an activating group) is 1. The number of halogens is 2. The first-order chi connectivity index (χ1) is 11.5. The lowest BCUT2D eigenvalue weighted by atomic mass is 10.2. The van der Waals surface area contributed by atoms with Crippen LogP contribution < -0.4 is 5.56 Å². The number of fused-ring (bicyclic) bond motifs is 1. The Hall–Kier alpha value is -2.25. The molecule has 8 heteroatoms. The van der Waals surface area contributed by atoms with Gasteiger partial charge in [0.2, 0.25) is 5.91 Å². The second-order valence-electron chi connectivity index (χ2n) is 5.26. The lowest BCUT2D eigenvalue weighted by molar-refractivity contribution is -0.131. The summed E-state index contributed by atoms with van der Waals surface area (Å²) in [6.07, 6.45) is 1.35. The molecule has 0 N–H and O–H groups in total. The fourth-order valence-corrected chi connectivity index (χ4v) is 3.28. The maximum Gasteiger partial charge on any atom is 0.271 e. The second kappa shape index (κ2) is 6.70. The van der Waals surface area contributed by atoms with Gasteiger partial charge in [-0.3, -0.25) is 14.2 Å². The number of hydrogen-bond donors (Lipinski definition) is 0. The molecule has 2 heterocycles. The number of carbonyl (C=O) groups excluding carboxylic acids is 1. The maximum absolute atomic E-state index is 13.8. The summed E-state index contributed by atoms with van der Waals surface area (Å²) < 4.78 is 15.6. The lowest BCUT2D eigenvalue weighted by Gasteiger charge is -2.19. The van der Waals surface area contributed by atoms with E-state index in [0.29, 0.717) is 10.2 Å². The summed E-state index contributed by atoms with van der Waals surface area (Å²) in [4.78, 5) is 30.1. The van der Waals surface area contributed by atoms with Crippen LogP contribution in [0.1, 0.15) is 5.56 Å². The van der Waals surface area contributed by atoms with Crippen molar-refractivity contribution >= 4 is 39.1 Å². The van der Waals surface area contributed by atoms with Crippen LogP contribution in [0.15, 0.2) is 40.8 Å².